The van der Waals surface area contributed by atoms with Crippen LogP contribution in [0.1, 0.15) is 58.8 Å². The summed E-state index contributed by atoms with van der Waals surface area (Å²) in [6, 6.07) is 0.254. The first kappa shape index (κ1) is 16.4. The van der Waals surface area contributed by atoms with E-state index >= 15 is 0 Å². The van der Waals surface area contributed by atoms with Crippen molar-refractivity contribution in [3.8, 4) is 0 Å². The van der Waals surface area contributed by atoms with E-state index in [1.807, 2.05) is 14.0 Å². The molecular weight excluding hydrogens is 238 g/mol. The number of likely N-dealkylation sites (N-methyl/N-ethyl adjacent to an activating group) is 1. The maximum absolute atomic E-state index is 12.0. The van der Waals surface area contributed by atoms with Crippen LogP contribution in [0.3, 0.4) is 0 Å². The van der Waals surface area contributed by atoms with Gasteiger partial charge < -0.3 is 11.1 Å². The number of rotatable bonds is 6. The minimum Gasteiger partial charge on any atom is -0.353 e. The van der Waals surface area contributed by atoms with E-state index in [1.165, 1.54) is 25.7 Å². The van der Waals surface area contributed by atoms with Gasteiger partial charge in [0.05, 0.1) is 6.54 Å². The number of nitrogens with zero attached hydrogens (tertiary/aromatic N) is 1. The Hall–Kier alpha value is -0.610. The predicted octanol–water partition coefficient (Wildman–Crippen LogP) is 1.88. The van der Waals surface area contributed by atoms with Crippen molar-refractivity contribution in [2.75, 3.05) is 20.1 Å². The van der Waals surface area contributed by atoms with Crippen LogP contribution in [0.4, 0.5) is 0 Å². The Kier molecular flexibility index (Phi) is 6.80. The lowest BCUT2D eigenvalue weighted by molar-refractivity contribution is -0.124. The van der Waals surface area contributed by atoms with Crippen molar-refractivity contribution < 1.29 is 4.79 Å². The molecule has 112 valence electrons. The number of nitrogens with one attached hydrogen (secondary N) is 1. The smallest absolute Gasteiger partial charge is 0.234 e. The summed E-state index contributed by atoms with van der Waals surface area (Å²) >= 11 is 0. The summed E-state index contributed by atoms with van der Waals surface area (Å²) < 4.78 is 0. The molecule has 0 bridgehead atoms. The van der Waals surface area contributed by atoms with E-state index in [0.717, 1.165) is 19.3 Å². The van der Waals surface area contributed by atoms with Gasteiger partial charge in [0.25, 0.3) is 0 Å². The molecule has 1 aliphatic carbocycles. The van der Waals surface area contributed by atoms with Gasteiger partial charge in [-0.15, -0.1) is 0 Å². The van der Waals surface area contributed by atoms with E-state index < -0.39 is 0 Å². The molecule has 19 heavy (non-hydrogen) atoms. The summed E-state index contributed by atoms with van der Waals surface area (Å²) in [5.41, 5.74) is 6.07. The third-order valence-corrected chi connectivity index (χ3v) is 4.62. The SMILES string of the molecule is CCC(C)NC(=O)CN(C)C1(CN)CCCCCC1. The summed E-state index contributed by atoms with van der Waals surface area (Å²) in [4.78, 5) is 14.2. The molecule has 0 aliphatic heterocycles. The van der Waals surface area contributed by atoms with Gasteiger partial charge in [-0.05, 0) is 33.2 Å². The predicted molar refractivity (Wildman–Crippen MR) is 80.0 cm³/mol. The Morgan fingerprint density at radius 3 is 2.37 bits per heavy atom. The van der Waals surface area contributed by atoms with Crippen LogP contribution in [0.15, 0.2) is 0 Å². The van der Waals surface area contributed by atoms with E-state index in [4.69, 9.17) is 5.73 Å². The highest BCUT2D eigenvalue weighted by atomic mass is 16.2. The normalized spacial score (nSPS) is 20.9. The van der Waals surface area contributed by atoms with E-state index in [9.17, 15) is 4.79 Å². The zero-order valence-corrected chi connectivity index (χ0v) is 12.9. The van der Waals surface area contributed by atoms with Crippen LogP contribution in [-0.2, 0) is 4.79 Å². The van der Waals surface area contributed by atoms with Gasteiger partial charge in [0.2, 0.25) is 5.91 Å². The monoisotopic (exact) mass is 269 g/mol. The van der Waals surface area contributed by atoms with Gasteiger partial charge in [0.15, 0.2) is 0 Å². The van der Waals surface area contributed by atoms with Crippen LogP contribution in [0.25, 0.3) is 0 Å². The quantitative estimate of drug-likeness (QED) is 0.724. The highest BCUT2D eigenvalue weighted by molar-refractivity contribution is 5.78. The molecule has 1 rings (SSSR count). The molecule has 1 amide bonds. The molecule has 0 saturated heterocycles. The Labute approximate surface area is 118 Å². The zero-order valence-electron chi connectivity index (χ0n) is 12.9. The summed E-state index contributed by atoms with van der Waals surface area (Å²) in [5, 5.41) is 3.04. The minimum atomic E-state index is 0.0310. The van der Waals surface area contributed by atoms with Crippen LogP contribution >= 0.6 is 0 Å². The summed E-state index contributed by atoms with van der Waals surface area (Å²) in [6.45, 7) is 5.24. The third kappa shape index (κ3) is 4.77. The van der Waals surface area contributed by atoms with E-state index in [2.05, 4.69) is 17.1 Å². The van der Waals surface area contributed by atoms with E-state index in [-0.39, 0.29) is 17.5 Å². The molecule has 1 unspecified atom stereocenters. The van der Waals surface area contributed by atoms with Crippen molar-refractivity contribution in [2.45, 2.75) is 70.4 Å². The summed E-state index contributed by atoms with van der Waals surface area (Å²) in [7, 11) is 2.05. The van der Waals surface area contributed by atoms with Gasteiger partial charge in [0, 0.05) is 18.1 Å². The van der Waals surface area contributed by atoms with Gasteiger partial charge in [-0.1, -0.05) is 32.6 Å². The van der Waals surface area contributed by atoms with Crippen LogP contribution < -0.4 is 11.1 Å². The molecule has 1 saturated carbocycles. The minimum absolute atomic E-state index is 0.0310. The molecule has 1 fully saturated rings. The number of amides is 1. The van der Waals surface area contributed by atoms with Crippen LogP contribution in [0, 0.1) is 0 Å². The van der Waals surface area contributed by atoms with Gasteiger partial charge in [0.1, 0.15) is 0 Å². The van der Waals surface area contributed by atoms with Gasteiger partial charge >= 0.3 is 0 Å². The Morgan fingerprint density at radius 1 is 1.32 bits per heavy atom. The number of hydrogen-bond donors (Lipinski definition) is 2. The average molecular weight is 269 g/mol. The molecule has 4 heteroatoms. The van der Waals surface area contributed by atoms with E-state index in [0.29, 0.717) is 13.1 Å². The van der Waals surface area contributed by atoms with Crippen molar-refractivity contribution in [2.24, 2.45) is 5.73 Å². The number of nitrogens with two attached hydrogens (primary N) is 1. The second kappa shape index (κ2) is 7.85. The van der Waals surface area contributed by atoms with Crippen LogP contribution in [-0.4, -0.2) is 42.5 Å². The van der Waals surface area contributed by atoms with Gasteiger partial charge in [-0.25, -0.2) is 0 Å². The fourth-order valence-corrected chi connectivity index (χ4v) is 2.93. The molecule has 1 atom stereocenters. The molecular formula is C15H31N3O. The highest BCUT2D eigenvalue weighted by Crippen LogP contribution is 2.30. The molecule has 0 aromatic rings. The Morgan fingerprint density at radius 2 is 1.89 bits per heavy atom. The first-order valence-corrected chi connectivity index (χ1v) is 7.75. The van der Waals surface area contributed by atoms with Crippen molar-refractivity contribution in [3.63, 3.8) is 0 Å². The largest absolute Gasteiger partial charge is 0.353 e. The maximum Gasteiger partial charge on any atom is 0.234 e. The molecule has 0 aromatic heterocycles. The molecule has 0 spiro atoms. The molecule has 0 radical (unpaired) electrons. The van der Waals surface area contributed by atoms with Crippen molar-refractivity contribution in [1.82, 2.24) is 10.2 Å². The third-order valence-electron chi connectivity index (χ3n) is 4.62. The number of carbonyl (C=O) groups excluding carboxylic acids is 1. The van der Waals surface area contributed by atoms with Crippen molar-refractivity contribution >= 4 is 5.91 Å². The standard InChI is InChI=1S/C15H31N3O/c1-4-13(2)17-14(19)11-18(3)15(12-16)9-7-5-6-8-10-15/h13H,4-12,16H2,1-3H3,(H,17,19). The second-order valence-corrected chi connectivity index (χ2v) is 6.08. The van der Waals surface area contributed by atoms with Crippen LogP contribution in [0.5, 0.6) is 0 Å². The lowest BCUT2D eigenvalue weighted by Gasteiger charge is -2.40. The Bertz CT molecular complexity index is 273. The number of carbonyl (C=O) groups is 1. The van der Waals surface area contributed by atoms with Crippen LogP contribution in [0.2, 0.25) is 0 Å². The van der Waals surface area contributed by atoms with Crippen molar-refractivity contribution in [3.05, 3.63) is 0 Å². The topological polar surface area (TPSA) is 58.4 Å². The van der Waals surface area contributed by atoms with Gasteiger partial charge in [-0.3, -0.25) is 9.69 Å². The molecule has 4 nitrogen and oxygen atoms in total. The van der Waals surface area contributed by atoms with Gasteiger partial charge in [-0.2, -0.15) is 0 Å². The number of hydrogen-bond acceptors (Lipinski definition) is 3. The maximum atomic E-state index is 12.0. The second-order valence-electron chi connectivity index (χ2n) is 6.08. The summed E-state index contributed by atoms with van der Waals surface area (Å²) in [5.74, 6) is 0.119. The molecule has 0 heterocycles. The molecule has 1 aliphatic rings. The lowest BCUT2D eigenvalue weighted by Crippen LogP contribution is -2.55. The first-order chi connectivity index (χ1) is 9.04. The van der Waals surface area contributed by atoms with Crippen molar-refractivity contribution in [1.29, 1.82) is 0 Å². The summed E-state index contributed by atoms with van der Waals surface area (Å²) in [6.07, 6.45) is 8.27. The highest BCUT2D eigenvalue weighted by Gasteiger charge is 2.34. The fraction of sp³-hybridized carbons (Fsp3) is 0.933. The average Bonchev–Trinajstić information content (AvgIpc) is 2.64. The Balaban J connectivity index is 2.57. The lowest BCUT2D eigenvalue weighted by atomic mass is 9.88. The molecule has 3 N–H and O–H groups in total. The van der Waals surface area contributed by atoms with E-state index in [1.54, 1.807) is 0 Å². The fourth-order valence-electron chi connectivity index (χ4n) is 2.93. The zero-order chi connectivity index (χ0) is 14.3. The first-order valence-electron chi connectivity index (χ1n) is 7.75. The molecule has 0 aromatic carbocycles.